The molecule has 2 amide bonds. The van der Waals surface area contributed by atoms with Crippen molar-refractivity contribution in [2.24, 2.45) is 5.92 Å². The van der Waals surface area contributed by atoms with Crippen LogP contribution in [0.3, 0.4) is 0 Å². The molecule has 0 aliphatic carbocycles. The number of nitrogens with zero attached hydrogens (tertiary/aromatic N) is 1. The van der Waals surface area contributed by atoms with Crippen molar-refractivity contribution >= 4 is 11.8 Å². The molecule has 1 atom stereocenters. The monoisotopic (exact) mass is 398 g/mol. The van der Waals surface area contributed by atoms with Crippen LogP contribution in [-0.2, 0) is 22.6 Å². The Bertz CT molecular complexity index is 775. The van der Waals surface area contributed by atoms with E-state index in [1.807, 2.05) is 44.2 Å². The number of unbranched alkanes of at least 4 members (excludes halogenated alkanes) is 1. The molecule has 156 valence electrons. The van der Waals surface area contributed by atoms with Gasteiger partial charge in [0.05, 0.1) is 0 Å². The Balaban J connectivity index is 2.33. The highest BCUT2D eigenvalue weighted by atomic mass is 19.1. The lowest BCUT2D eigenvalue weighted by atomic mass is 10.0. The fraction of sp³-hybridized carbons (Fsp3) is 0.417. The second-order valence-corrected chi connectivity index (χ2v) is 7.60. The van der Waals surface area contributed by atoms with Crippen molar-refractivity contribution in [1.82, 2.24) is 10.2 Å². The molecule has 0 bridgehead atoms. The molecule has 0 spiro atoms. The van der Waals surface area contributed by atoms with Gasteiger partial charge in [0.25, 0.3) is 0 Å². The molecular weight excluding hydrogens is 367 g/mol. The summed E-state index contributed by atoms with van der Waals surface area (Å²) >= 11 is 0. The van der Waals surface area contributed by atoms with Gasteiger partial charge in [0.2, 0.25) is 11.8 Å². The van der Waals surface area contributed by atoms with Gasteiger partial charge in [-0.1, -0.05) is 69.7 Å². The molecular formula is C24H31FN2O2. The average Bonchev–Trinajstić information content (AvgIpc) is 2.72. The smallest absolute Gasteiger partial charge is 0.243 e. The quantitative estimate of drug-likeness (QED) is 0.606. The molecule has 1 N–H and O–H groups in total. The first kappa shape index (κ1) is 22.6. The number of rotatable bonds is 10. The standard InChI is InChI=1S/C24H31FN2O2/c1-4-5-15-26-23(28)22(16-19-9-7-6-8-10-19)27(24(29)18(2)3)17-20-11-13-21(25)14-12-20/h6-14,18,22H,4-5,15-17H2,1-3H3,(H,26,28). The maximum Gasteiger partial charge on any atom is 0.243 e. The number of hydrogen-bond donors (Lipinski definition) is 1. The van der Waals surface area contributed by atoms with Crippen LogP contribution in [0.4, 0.5) is 4.39 Å². The van der Waals surface area contributed by atoms with E-state index >= 15 is 0 Å². The SMILES string of the molecule is CCCCNC(=O)C(Cc1ccccc1)N(Cc1ccc(F)cc1)C(=O)C(C)C. The number of benzene rings is 2. The van der Waals surface area contributed by atoms with Crippen molar-refractivity contribution in [3.8, 4) is 0 Å². The predicted octanol–water partition coefficient (Wildman–Crippen LogP) is 4.34. The molecule has 29 heavy (non-hydrogen) atoms. The van der Waals surface area contributed by atoms with Crippen LogP contribution in [0.1, 0.15) is 44.7 Å². The molecule has 4 nitrogen and oxygen atoms in total. The van der Waals surface area contributed by atoms with Crippen molar-refractivity contribution in [2.75, 3.05) is 6.54 Å². The molecule has 0 saturated carbocycles. The zero-order valence-electron chi connectivity index (χ0n) is 17.5. The first-order valence-electron chi connectivity index (χ1n) is 10.3. The molecule has 5 heteroatoms. The maximum absolute atomic E-state index is 13.3. The van der Waals surface area contributed by atoms with Gasteiger partial charge in [-0.05, 0) is 29.7 Å². The molecule has 0 aliphatic rings. The van der Waals surface area contributed by atoms with E-state index < -0.39 is 6.04 Å². The van der Waals surface area contributed by atoms with Crippen LogP contribution < -0.4 is 5.32 Å². The molecule has 2 rings (SSSR count). The summed E-state index contributed by atoms with van der Waals surface area (Å²) in [6.07, 6.45) is 2.30. The van der Waals surface area contributed by atoms with Crippen LogP contribution in [0, 0.1) is 11.7 Å². The number of amides is 2. The van der Waals surface area contributed by atoms with Crippen LogP contribution >= 0.6 is 0 Å². The second kappa shape index (κ2) is 11.3. The highest BCUT2D eigenvalue weighted by Crippen LogP contribution is 2.17. The molecule has 0 radical (unpaired) electrons. The summed E-state index contributed by atoms with van der Waals surface area (Å²) in [5.74, 6) is -0.829. The van der Waals surface area contributed by atoms with Crippen LogP contribution in [0.15, 0.2) is 54.6 Å². The third kappa shape index (κ3) is 7.00. The van der Waals surface area contributed by atoms with Crippen LogP contribution in [-0.4, -0.2) is 29.3 Å². The molecule has 0 saturated heterocycles. The summed E-state index contributed by atoms with van der Waals surface area (Å²) in [7, 11) is 0. The van der Waals surface area contributed by atoms with Crippen LogP contribution in [0.2, 0.25) is 0 Å². The van der Waals surface area contributed by atoms with Crippen LogP contribution in [0.5, 0.6) is 0 Å². The average molecular weight is 399 g/mol. The number of carbonyl (C=O) groups is 2. The Morgan fingerprint density at radius 2 is 1.66 bits per heavy atom. The summed E-state index contributed by atoms with van der Waals surface area (Å²) in [5, 5.41) is 2.98. The van der Waals surface area contributed by atoms with Gasteiger partial charge in [-0.3, -0.25) is 9.59 Å². The lowest BCUT2D eigenvalue weighted by molar-refractivity contribution is -0.143. The minimum atomic E-state index is -0.630. The van der Waals surface area contributed by atoms with Gasteiger partial charge in [0.1, 0.15) is 11.9 Å². The van der Waals surface area contributed by atoms with Crippen molar-refractivity contribution in [3.05, 3.63) is 71.5 Å². The Hall–Kier alpha value is -2.69. The largest absolute Gasteiger partial charge is 0.354 e. The summed E-state index contributed by atoms with van der Waals surface area (Å²) < 4.78 is 13.3. The Morgan fingerprint density at radius 3 is 2.24 bits per heavy atom. The second-order valence-electron chi connectivity index (χ2n) is 7.60. The highest BCUT2D eigenvalue weighted by molar-refractivity contribution is 5.88. The molecule has 0 heterocycles. The Kier molecular flexibility index (Phi) is 8.84. The molecule has 1 unspecified atom stereocenters. The van der Waals surface area contributed by atoms with Gasteiger partial charge < -0.3 is 10.2 Å². The minimum Gasteiger partial charge on any atom is -0.354 e. The van der Waals surface area contributed by atoms with Gasteiger partial charge in [0, 0.05) is 25.4 Å². The van der Waals surface area contributed by atoms with Crippen molar-refractivity contribution < 1.29 is 14.0 Å². The number of halogens is 1. The summed E-state index contributed by atoms with van der Waals surface area (Å²) in [6.45, 7) is 6.57. The zero-order chi connectivity index (χ0) is 21.2. The fourth-order valence-electron chi connectivity index (χ4n) is 3.15. The lowest BCUT2D eigenvalue weighted by Crippen LogP contribution is -2.51. The summed E-state index contributed by atoms with van der Waals surface area (Å²) in [6, 6.07) is 15.1. The predicted molar refractivity (Wildman–Crippen MR) is 114 cm³/mol. The molecule has 2 aromatic rings. The number of hydrogen-bond acceptors (Lipinski definition) is 2. The molecule has 0 aliphatic heterocycles. The third-order valence-corrected chi connectivity index (χ3v) is 4.82. The van der Waals surface area contributed by atoms with Gasteiger partial charge in [-0.15, -0.1) is 0 Å². The molecule has 0 fully saturated rings. The van der Waals surface area contributed by atoms with E-state index in [1.54, 1.807) is 17.0 Å². The highest BCUT2D eigenvalue weighted by Gasteiger charge is 2.31. The number of nitrogens with one attached hydrogen (secondary N) is 1. The fourth-order valence-corrected chi connectivity index (χ4v) is 3.15. The normalized spacial score (nSPS) is 11.9. The van der Waals surface area contributed by atoms with Crippen molar-refractivity contribution in [3.63, 3.8) is 0 Å². The van der Waals surface area contributed by atoms with Gasteiger partial charge in [-0.2, -0.15) is 0 Å². The summed E-state index contributed by atoms with van der Waals surface area (Å²) in [5.41, 5.74) is 1.78. The van der Waals surface area contributed by atoms with E-state index in [0.717, 1.165) is 24.0 Å². The topological polar surface area (TPSA) is 49.4 Å². The van der Waals surface area contributed by atoms with Crippen LogP contribution in [0.25, 0.3) is 0 Å². The van der Waals surface area contributed by atoms with Gasteiger partial charge >= 0.3 is 0 Å². The minimum absolute atomic E-state index is 0.0964. The van der Waals surface area contributed by atoms with E-state index in [4.69, 9.17) is 0 Å². The number of carbonyl (C=O) groups excluding carboxylic acids is 2. The van der Waals surface area contributed by atoms with Crippen molar-refractivity contribution in [1.29, 1.82) is 0 Å². The zero-order valence-corrected chi connectivity index (χ0v) is 17.5. The molecule has 0 aromatic heterocycles. The van der Waals surface area contributed by atoms with E-state index in [9.17, 15) is 14.0 Å². The van der Waals surface area contributed by atoms with E-state index in [1.165, 1.54) is 12.1 Å². The lowest BCUT2D eigenvalue weighted by Gasteiger charge is -2.32. The third-order valence-electron chi connectivity index (χ3n) is 4.82. The molecule has 2 aromatic carbocycles. The van der Waals surface area contributed by atoms with Gasteiger partial charge in [-0.25, -0.2) is 4.39 Å². The first-order valence-corrected chi connectivity index (χ1v) is 10.3. The summed E-state index contributed by atoms with van der Waals surface area (Å²) in [4.78, 5) is 27.8. The van der Waals surface area contributed by atoms with Crippen molar-refractivity contribution in [2.45, 2.75) is 52.6 Å². The van der Waals surface area contributed by atoms with Gasteiger partial charge in [0.15, 0.2) is 0 Å². The Morgan fingerprint density at radius 1 is 1.00 bits per heavy atom. The Labute approximate surface area is 173 Å². The van der Waals surface area contributed by atoms with E-state index in [-0.39, 0.29) is 30.1 Å². The maximum atomic E-state index is 13.3. The van der Waals surface area contributed by atoms with E-state index in [2.05, 4.69) is 12.2 Å². The first-order chi connectivity index (χ1) is 13.9. The van der Waals surface area contributed by atoms with E-state index in [0.29, 0.717) is 13.0 Å².